The number of hydrogen-bond acceptors (Lipinski definition) is 2. The van der Waals surface area contributed by atoms with Gasteiger partial charge in [0.1, 0.15) is 0 Å². The van der Waals surface area contributed by atoms with Crippen LogP contribution in [0.2, 0.25) is 4.34 Å². The van der Waals surface area contributed by atoms with Crippen molar-refractivity contribution in [3.8, 4) is 0 Å². The van der Waals surface area contributed by atoms with Crippen molar-refractivity contribution in [2.24, 2.45) is 0 Å². The molecule has 0 amide bonds. The Bertz CT molecular complexity index is 313. The molecule has 0 bridgehead atoms. The van der Waals surface area contributed by atoms with E-state index in [0.29, 0.717) is 9.90 Å². The lowest BCUT2D eigenvalue weighted by molar-refractivity contribution is -0.143. The number of carboxylic acids is 1. The lowest BCUT2D eigenvalue weighted by Crippen LogP contribution is -2.20. The first kappa shape index (κ1) is 10.5. The van der Waals surface area contributed by atoms with E-state index in [1.807, 2.05) is 0 Å². The van der Waals surface area contributed by atoms with Gasteiger partial charge in [-0.3, -0.25) is 0 Å². The van der Waals surface area contributed by atoms with E-state index in [1.54, 1.807) is 11.4 Å². The van der Waals surface area contributed by atoms with Crippen LogP contribution in [0, 0.1) is 0 Å². The van der Waals surface area contributed by atoms with E-state index < -0.39 is 18.1 Å². The maximum atomic E-state index is 13.0. The van der Waals surface area contributed by atoms with E-state index in [4.69, 9.17) is 16.7 Å². The first-order valence-corrected chi connectivity index (χ1v) is 4.89. The Balaban J connectivity index is 2.78. The quantitative estimate of drug-likeness (QED) is 0.854. The van der Waals surface area contributed by atoms with Gasteiger partial charge < -0.3 is 5.11 Å². The van der Waals surface area contributed by atoms with Gasteiger partial charge in [-0.25, -0.2) is 9.18 Å². The molecule has 0 aliphatic carbocycles. The summed E-state index contributed by atoms with van der Waals surface area (Å²) < 4.78 is 13.5. The van der Waals surface area contributed by atoms with Gasteiger partial charge >= 0.3 is 5.97 Å². The maximum Gasteiger partial charge on any atom is 0.338 e. The number of carbonyl (C=O) groups is 1. The summed E-state index contributed by atoms with van der Waals surface area (Å²) in [6.45, 7) is 1.52. The summed E-state index contributed by atoms with van der Waals surface area (Å²) >= 11 is 6.91. The number of carboxylic acid groups (broad SMARTS) is 1. The molecule has 0 aliphatic heterocycles. The van der Waals surface area contributed by atoms with Crippen LogP contribution in [0.1, 0.15) is 18.4 Å². The normalized spacial score (nSPS) is 15.3. The SMILES string of the molecule is CC(c1csc(Cl)c1)C(F)C(=O)O. The van der Waals surface area contributed by atoms with Gasteiger partial charge in [-0.2, -0.15) is 0 Å². The molecule has 1 aromatic heterocycles. The summed E-state index contributed by atoms with van der Waals surface area (Å²) in [5.41, 5.74) is 0.630. The zero-order valence-electron chi connectivity index (χ0n) is 6.83. The third kappa shape index (κ3) is 2.42. The maximum absolute atomic E-state index is 13.0. The van der Waals surface area contributed by atoms with Crippen molar-refractivity contribution in [3.05, 3.63) is 21.3 Å². The van der Waals surface area contributed by atoms with Crippen LogP contribution < -0.4 is 0 Å². The standard InChI is InChI=1S/C8H8ClFO2S/c1-4(7(10)8(11)12)5-2-6(9)13-3-5/h2-4,7H,1H3,(H,11,12). The molecule has 0 spiro atoms. The highest BCUT2D eigenvalue weighted by atomic mass is 35.5. The fraction of sp³-hybridized carbons (Fsp3) is 0.375. The van der Waals surface area contributed by atoms with Crippen molar-refractivity contribution in [2.45, 2.75) is 19.0 Å². The van der Waals surface area contributed by atoms with Crippen LogP contribution in [0.15, 0.2) is 11.4 Å². The van der Waals surface area contributed by atoms with Gasteiger partial charge in [0.25, 0.3) is 0 Å². The predicted octanol–water partition coefficient (Wildman–Crippen LogP) is 2.93. The molecular formula is C8H8ClFO2S. The molecule has 0 saturated carbocycles. The average molecular weight is 223 g/mol. The average Bonchev–Trinajstić information content (AvgIpc) is 2.49. The molecule has 2 atom stereocenters. The molecule has 1 aromatic rings. The van der Waals surface area contributed by atoms with Crippen molar-refractivity contribution in [2.75, 3.05) is 0 Å². The molecule has 1 N–H and O–H groups in total. The first-order chi connectivity index (χ1) is 6.02. The molecule has 0 saturated heterocycles. The third-order valence-corrected chi connectivity index (χ3v) is 2.90. The van der Waals surface area contributed by atoms with Crippen LogP contribution in [0.25, 0.3) is 0 Å². The van der Waals surface area contributed by atoms with Crippen LogP contribution in [-0.2, 0) is 4.79 Å². The van der Waals surface area contributed by atoms with Crippen LogP contribution in [0.5, 0.6) is 0 Å². The van der Waals surface area contributed by atoms with Crippen molar-refractivity contribution in [3.63, 3.8) is 0 Å². The number of thiophene rings is 1. The van der Waals surface area contributed by atoms with Gasteiger partial charge in [0.2, 0.25) is 6.17 Å². The minimum absolute atomic E-state index is 0.541. The molecule has 2 unspecified atom stereocenters. The Labute approximate surface area is 84.0 Å². The zero-order chi connectivity index (χ0) is 10.0. The predicted molar refractivity (Wildman–Crippen MR) is 50.3 cm³/mol. The molecule has 0 fully saturated rings. The van der Waals surface area contributed by atoms with Crippen molar-refractivity contribution in [1.82, 2.24) is 0 Å². The van der Waals surface area contributed by atoms with E-state index >= 15 is 0 Å². The van der Waals surface area contributed by atoms with Crippen LogP contribution in [0.3, 0.4) is 0 Å². The van der Waals surface area contributed by atoms with Crippen LogP contribution in [0.4, 0.5) is 4.39 Å². The number of hydrogen-bond donors (Lipinski definition) is 1. The van der Waals surface area contributed by atoms with Gasteiger partial charge in [0.15, 0.2) is 0 Å². The van der Waals surface area contributed by atoms with Crippen LogP contribution in [-0.4, -0.2) is 17.2 Å². The molecule has 0 aromatic carbocycles. The van der Waals surface area contributed by atoms with Crippen LogP contribution >= 0.6 is 22.9 Å². The van der Waals surface area contributed by atoms with Gasteiger partial charge in [-0.1, -0.05) is 18.5 Å². The number of halogens is 2. The third-order valence-electron chi connectivity index (χ3n) is 1.79. The van der Waals surface area contributed by atoms with Crippen molar-refractivity contribution in [1.29, 1.82) is 0 Å². The minimum atomic E-state index is -1.87. The summed E-state index contributed by atoms with van der Waals surface area (Å²) in [5, 5.41) is 10.1. The molecule has 1 heterocycles. The largest absolute Gasteiger partial charge is 0.479 e. The summed E-state index contributed by atoms with van der Waals surface area (Å²) in [6.07, 6.45) is -1.87. The van der Waals surface area contributed by atoms with Gasteiger partial charge in [-0.05, 0) is 17.0 Å². The zero-order valence-corrected chi connectivity index (χ0v) is 8.40. The van der Waals surface area contributed by atoms with E-state index in [2.05, 4.69) is 0 Å². The van der Waals surface area contributed by atoms with E-state index in [0.717, 1.165) is 0 Å². The van der Waals surface area contributed by atoms with Gasteiger partial charge in [0, 0.05) is 5.92 Å². The Morgan fingerprint density at radius 2 is 2.38 bits per heavy atom. The summed E-state index contributed by atoms with van der Waals surface area (Å²) in [7, 11) is 0. The Morgan fingerprint density at radius 1 is 1.77 bits per heavy atom. The highest BCUT2D eigenvalue weighted by Gasteiger charge is 2.25. The molecule has 2 nitrogen and oxygen atoms in total. The smallest absolute Gasteiger partial charge is 0.338 e. The van der Waals surface area contributed by atoms with Gasteiger partial charge in [0.05, 0.1) is 4.34 Å². The Hall–Kier alpha value is -0.610. The number of aliphatic carboxylic acids is 1. The summed E-state index contributed by atoms with van der Waals surface area (Å²) in [6, 6.07) is 1.59. The molecule has 0 aliphatic rings. The molecule has 1 rings (SSSR count). The Kier molecular flexibility index (Phi) is 3.27. The molecule has 13 heavy (non-hydrogen) atoms. The monoisotopic (exact) mass is 222 g/mol. The fourth-order valence-corrected chi connectivity index (χ4v) is 1.94. The second-order valence-electron chi connectivity index (χ2n) is 2.71. The molecule has 5 heteroatoms. The molecule has 72 valence electrons. The topological polar surface area (TPSA) is 37.3 Å². The van der Waals surface area contributed by atoms with E-state index in [1.165, 1.54) is 18.3 Å². The highest BCUT2D eigenvalue weighted by molar-refractivity contribution is 7.14. The van der Waals surface area contributed by atoms with Gasteiger partial charge in [-0.15, -0.1) is 11.3 Å². The minimum Gasteiger partial charge on any atom is -0.479 e. The first-order valence-electron chi connectivity index (χ1n) is 3.63. The second kappa shape index (κ2) is 4.07. The fourth-order valence-electron chi connectivity index (χ4n) is 0.945. The summed E-state index contributed by atoms with van der Waals surface area (Å²) in [5.74, 6) is -2.09. The van der Waals surface area contributed by atoms with Crippen molar-refractivity contribution < 1.29 is 14.3 Å². The highest BCUT2D eigenvalue weighted by Crippen LogP contribution is 2.29. The number of alkyl halides is 1. The molecule has 0 radical (unpaired) electrons. The lowest BCUT2D eigenvalue weighted by atomic mass is 9.99. The number of rotatable bonds is 3. The summed E-state index contributed by atoms with van der Waals surface area (Å²) in [4.78, 5) is 10.3. The van der Waals surface area contributed by atoms with E-state index in [-0.39, 0.29) is 0 Å². The van der Waals surface area contributed by atoms with E-state index in [9.17, 15) is 9.18 Å². The lowest BCUT2D eigenvalue weighted by Gasteiger charge is -2.10. The second-order valence-corrected chi connectivity index (χ2v) is 4.26. The molecular weight excluding hydrogens is 215 g/mol. The van der Waals surface area contributed by atoms with Crippen molar-refractivity contribution >= 4 is 28.9 Å². The Morgan fingerprint density at radius 3 is 2.77 bits per heavy atom.